The Balaban J connectivity index is 1.92. The van der Waals surface area contributed by atoms with Crippen LogP contribution in [0.1, 0.15) is 40.9 Å². The predicted molar refractivity (Wildman–Crippen MR) is 127 cm³/mol. The maximum absolute atomic E-state index is 13.3. The smallest absolute Gasteiger partial charge is 0.300 e. The van der Waals surface area contributed by atoms with Gasteiger partial charge in [-0.25, -0.2) is 0 Å². The van der Waals surface area contributed by atoms with Crippen molar-refractivity contribution in [3.63, 3.8) is 0 Å². The molecule has 3 aromatic rings. The van der Waals surface area contributed by atoms with Crippen LogP contribution < -0.4 is 9.64 Å². The number of hydrogen-bond acceptors (Lipinski definition) is 5. The number of hydrogen-bond donors (Lipinski definition) is 1. The van der Waals surface area contributed by atoms with Gasteiger partial charge in [-0.2, -0.15) is 0 Å². The monoisotopic (exact) mass is 442 g/mol. The van der Waals surface area contributed by atoms with E-state index in [1.54, 1.807) is 42.6 Å². The Morgan fingerprint density at radius 3 is 2.36 bits per heavy atom. The highest BCUT2D eigenvalue weighted by molar-refractivity contribution is 6.51. The van der Waals surface area contributed by atoms with Gasteiger partial charge in [0.25, 0.3) is 11.7 Å². The SMILES string of the molecule is CCOc1ccc(/C(O)=C2/C(=O)C(=O)N(c3cc(C)cc(C)c3)C2c2ccccn2)cc1C. The Bertz CT molecular complexity index is 1240. The lowest BCUT2D eigenvalue weighted by molar-refractivity contribution is -0.132. The highest BCUT2D eigenvalue weighted by Gasteiger charge is 2.47. The molecule has 1 aliphatic heterocycles. The molecule has 6 nitrogen and oxygen atoms in total. The summed E-state index contributed by atoms with van der Waals surface area (Å²) < 4.78 is 5.59. The molecule has 2 aromatic carbocycles. The molecule has 1 fully saturated rings. The fraction of sp³-hybridized carbons (Fsp3) is 0.222. The number of aromatic nitrogens is 1. The number of anilines is 1. The third kappa shape index (κ3) is 4.12. The number of amides is 1. The summed E-state index contributed by atoms with van der Waals surface area (Å²) in [5.41, 5.74) is 4.30. The van der Waals surface area contributed by atoms with Crippen LogP contribution in [0.25, 0.3) is 5.76 Å². The summed E-state index contributed by atoms with van der Waals surface area (Å²) in [4.78, 5) is 32.3. The van der Waals surface area contributed by atoms with Gasteiger partial charge in [0, 0.05) is 17.4 Å². The van der Waals surface area contributed by atoms with Crippen LogP contribution in [0.2, 0.25) is 0 Å². The maximum atomic E-state index is 13.3. The summed E-state index contributed by atoms with van der Waals surface area (Å²) >= 11 is 0. The van der Waals surface area contributed by atoms with Crippen molar-refractivity contribution in [2.75, 3.05) is 11.5 Å². The molecule has 0 saturated carbocycles. The van der Waals surface area contributed by atoms with Crippen molar-refractivity contribution in [2.45, 2.75) is 33.7 Å². The molecule has 0 radical (unpaired) electrons. The van der Waals surface area contributed by atoms with Crippen molar-refractivity contribution in [1.29, 1.82) is 0 Å². The topological polar surface area (TPSA) is 79.7 Å². The van der Waals surface area contributed by atoms with Gasteiger partial charge in [-0.05, 0) is 86.8 Å². The molecule has 1 atom stereocenters. The quantitative estimate of drug-likeness (QED) is 0.341. The van der Waals surface area contributed by atoms with Gasteiger partial charge in [0.15, 0.2) is 0 Å². The lowest BCUT2D eigenvalue weighted by Crippen LogP contribution is -2.30. The molecule has 0 spiro atoms. The van der Waals surface area contributed by atoms with E-state index in [0.717, 1.165) is 16.7 Å². The fourth-order valence-electron chi connectivity index (χ4n) is 4.28. The Labute approximate surface area is 193 Å². The lowest BCUT2D eigenvalue weighted by atomic mass is 9.97. The molecule has 0 bridgehead atoms. The van der Waals surface area contributed by atoms with E-state index in [0.29, 0.717) is 29.3 Å². The van der Waals surface area contributed by atoms with E-state index in [-0.39, 0.29) is 11.3 Å². The molecule has 1 saturated heterocycles. The number of aliphatic hydroxyl groups is 1. The Hall–Kier alpha value is -3.93. The van der Waals surface area contributed by atoms with Gasteiger partial charge in [-0.1, -0.05) is 12.1 Å². The van der Waals surface area contributed by atoms with E-state index in [1.807, 2.05) is 45.9 Å². The number of ether oxygens (including phenoxy) is 1. The van der Waals surface area contributed by atoms with Gasteiger partial charge in [0.05, 0.1) is 17.9 Å². The highest BCUT2D eigenvalue weighted by Crippen LogP contribution is 2.42. The molecule has 0 aliphatic carbocycles. The molecule has 4 rings (SSSR count). The van der Waals surface area contributed by atoms with E-state index in [2.05, 4.69) is 4.98 Å². The first-order chi connectivity index (χ1) is 15.8. The van der Waals surface area contributed by atoms with E-state index >= 15 is 0 Å². The van der Waals surface area contributed by atoms with Crippen LogP contribution in [0.15, 0.2) is 66.4 Å². The van der Waals surface area contributed by atoms with Crippen molar-refractivity contribution >= 4 is 23.1 Å². The molecule has 1 aliphatic rings. The second-order valence-corrected chi connectivity index (χ2v) is 8.18. The van der Waals surface area contributed by atoms with Gasteiger partial charge in [0.2, 0.25) is 0 Å². The third-order valence-electron chi connectivity index (χ3n) is 5.65. The zero-order valence-electron chi connectivity index (χ0n) is 19.1. The van der Waals surface area contributed by atoms with Crippen LogP contribution in [0, 0.1) is 20.8 Å². The van der Waals surface area contributed by atoms with Crippen LogP contribution in [0.4, 0.5) is 5.69 Å². The number of pyridine rings is 1. The van der Waals surface area contributed by atoms with Crippen molar-refractivity contribution in [2.24, 2.45) is 0 Å². The number of aryl methyl sites for hydroxylation is 3. The second-order valence-electron chi connectivity index (χ2n) is 8.18. The van der Waals surface area contributed by atoms with Crippen molar-refractivity contribution in [3.05, 3.63) is 94.3 Å². The minimum Gasteiger partial charge on any atom is -0.507 e. The van der Waals surface area contributed by atoms with Crippen LogP contribution in [-0.2, 0) is 9.59 Å². The van der Waals surface area contributed by atoms with Crippen LogP contribution in [0.5, 0.6) is 5.75 Å². The number of aliphatic hydroxyl groups excluding tert-OH is 1. The maximum Gasteiger partial charge on any atom is 0.300 e. The third-order valence-corrected chi connectivity index (χ3v) is 5.65. The Morgan fingerprint density at radius 1 is 1.03 bits per heavy atom. The number of carbonyl (C=O) groups excluding carboxylic acids is 2. The number of ketones is 1. The first-order valence-corrected chi connectivity index (χ1v) is 10.9. The Morgan fingerprint density at radius 2 is 1.76 bits per heavy atom. The lowest BCUT2D eigenvalue weighted by Gasteiger charge is -2.25. The molecule has 1 aromatic heterocycles. The second kappa shape index (κ2) is 8.90. The van der Waals surface area contributed by atoms with E-state index in [9.17, 15) is 14.7 Å². The van der Waals surface area contributed by atoms with E-state index in [1.165, 1.54) is 4.90 Å². The normalized spacial score (nSPS) is 17.5. The molecule has 6 heteroatoms. The number of nitrogens with zero attached hydrogens (tertiary/aromatic N) is 2. The first kappa shape index (κ1) is 22.3. The van der Waals surface area contributed by atoms with E-state index in [4.69, 9.17) is 4.74 Å². The molecule has 2 heterocycles. The standard InChI is InChI=1S/C27H26N2O4/c1-5-33-22-10-9-19(15-18(22)4)25(30)23-24(21-8-6-7-11-28-21)29(27(32)26(23)31)20-13-16(2)12-17(3)14-20/h6-15,24,30H,5H2,1-4H3/b25-23-. The summed E-state index contributed by atoms with van der Waals surface area (Å²) in [6.45, 7) is 8.16. The number of rotatable bonds is 5. The average Bonchev–Trinajstić information content (AvgIpc) is 3.05. The summed E-state index contributed by atoms with van der Waals surface area (Å²) in [6.07, 6.45) is 1.61. The van der Waals surface area contributed by atoms with Gasteiger partial charge >= 0.3 is 0 Å². The predicted octanol–water partition coefficient (Wildman–Crippen LogP) is 5.03. The molecular weight excluding hydrogens is 416 g/mol. The van der Waals surface area contributed by atoms with Gasteiger partial charge < -0.3 is 9.84 Å². The van der Waals surface area contributed by atoms with Gasteiger partial charge in [0.1, 0.15) is 17.6 Å². The van der Waals surface area contributed by atoms with Crippen molar-refractivity contribution in [3.8, 4) is 5.75 Å². The summed E-state index contributed by atoms with van der Waals surface area (Å²) in [5, 5.41) is 11.3. The van der Waals surface area contributed by atoms with Crippen LogP contribution in [-0.4, -0.2) is 28.4 Å². The van der Waals surface area contributed by atoms with E-state index < -0.39 is 17.7 Å². The first-order valence-electron chi connectivity index (χ1n) is 10.9. The largest absolute Gasteiger partial charge is 0.507 e. The molecule has 1 unspecified atom stereocenters. The van der Waals surface area contributed by atoms with Gasteiger partial charge in [-0.3, -0.25) is 19.5 Å². The number of benzene rings is 2. The summed E-state index contributed by atoms with van der Waals surface area (Å²) in [6, 6.07) is 15.4. The highest BCUT2D eigenvalue weighted by atomic mass is 16.5. The molecule has 1 N–H and O–H groups in total. The minimum absolute atomic E-state index is 0.0152. The summed E-state index contributed by atoms with van der Waals surface area (Å²) in [5.74, 6) is -0.971. The van der Waals surface area contributed by atoms with Crippen molar-refractivity contribution < 1.29 is 19.4 Å². The fourth-order valence-corrected chi connectivity index (χ4v) is 4.28. The molecule has 33 heavy (non-hydrogen) atoms. The molecule has 1 amide bonds. The summed E-state index contributed by atoms with van der Waals surface area (Å²) in [7, 11) is 0. The van der Waals surface area contributed by atoms with Crippen LogP contribution in [0.3, 0.4) is 0 Å². The zero-order chi connectivity index (χ0) is 23.7. The average molecular weight is 443 g/mol. The zero-order valence-corrected chi connectivity index (χ0v) is 19.1. The molecular formula is C27H26N2O4. The minimum atomic E-state index is -0.848. The van der Waals surface area contributed by atoms with Crippen molar-refractivity contribution in [1.82, 2.24) is 4.98 Å². The number of carbonyl (C=O) groups is 2. The van der Waals surface area contributed by atoms with Gasteiger partial charge in [-0.15, -0.1) is 0 Å². The number of Topliss-reactive ketones (excluding diaryl/α,β-unsaturated/α-hetero) is 1. The van der Waals surface area contributed by atoms with Crippen LogP contribution >= 0.6 is 0 Å². The Kier molecular flexibility index (Phi) is 6.01. The molecule has 168 valence electrons.